The van der Waals surface area contributed by atoms with E-state index in [4.69, 9.17) is 9.47 Å². The summed E-state index contributed by atoms with van der Waals surface area (Å²) < 4.78 is 26.2. The first-order chi connectivity index (χ1) is 10.6. The standard InChI is InChI=1S/C16H17FN2O3/c1-19-7-6-18-15(16(19)20)13-9-11(17)4-5-14(13)22-10-12-3-2-8-21-12/h4-7,9,12H,2-3,8,10H2,1H3. The molecule has 1 aromatic carbocycles. The summed E-state index contributed by atoms with van der Waals surface area (Å²) in [6.07, 6.45) is 5.07. The van der Waals surface area contributed by atoms with Gasteiger partial charge in [0.1, 0.15) is 23.9 Å². The van der Waals surface area contributed by atoms with E-state index in [0.29, 0.717) is 17.9 Å². The van der Waals surface area contributed by atoms with Gasteiger partial charge in [-0.1, -0.05) is 0 Å². The van der Waals surface area contributed by atoms with Crippen LogP contribution in [0.25, 0.3) is 11.3 Å². The van der Waals surface area contributed by atoms with E-state index < -0.39 is 5.82 Å². The van der Waals surface area contributed by atoms with Crippen LogP contribution in [-0.2, 0) is 11.8 Å². The van der Waals surface area contributed by atoms with Crippen molar-refractivity contribution in [3.63, 3.8) is 0 Å². The summed E-state index contributed by atoms with van der Waals surface area (Å²) in [5, 5.41) is 0. The van der Waals surface area contributed by atoms with Crippen LogP contribution in [0.4, 0.5) is 4.39 Å². The molecule has 116 valence electrons. The van der Waals surface area contributed by atoms with Crippen molar-refractivity contribution in [2.24, 2.45) is 7.05 Å². The van der Waals surface area contributed by atoms with E-state index >= 15 is 0 Å². The maximum Gasteiger partial charge on any atom is 0.276 e. The van der Waals surface area contributed by atoms with Crippen LogP contribution < -0.4 is 10.3 Å². The highest BCUT2D eigenvalue weighted by Crippen LogP contribution is 2.28. The molecule has 3 rings (SSSR count). The number of nitrogens with zero attached hydrogens (tertiary/aromatic N) is 2. The zero-order chi connectivity index (χ0) is 15.5. The first kappa shape index (κ1) is 14.7. The fraction of sp³-hybridized carbons (Fsp3) is 0.375. The third-order valence-corrected chi connectivity index (χ3v) is 3.66. The molecule has 22 heavy (non-hydrogen) atoms. The van der Waals surface area contributed by atoms with Crippen molar-refractivity contribution in [3.05, 3.63) is 46.8 Å². The van der Waals surface area contributed by atoms with E-state index in [9.17, 15) is 9.18 Å². The van der Waals surface area contributed by atoms with Gasteiger partial charge in [-0.25, -0.2) is 9.37 Å². The second-order valence-electron chi connectivity index (χ2n) is 5.28. The third kappa shape index (κ3) is 3.01. The predicted octanol–water partition coefficient (Wildman–Crippen LogP) is 2.14. The van der Waals surface area contributed by atoms with Crippen molar-refractivity contribution in [1.29, 1.82) is 0 Å². The van der Waals surface area contributed by atoms with Gasteiger partial charge in [-0.05, 0) is 31.0 Å². The molecule has 0 bridgehead atoms. The molecule has 1 atom stereocenters. The fourth-order valence-electron chi connectivity index (χ4n) is 2.45. The largest absolute Gasteiger partial charge is 0.490 e. The minimum atomic E-state index is -0.438. The smallest absolute Gasteiger partial charge is 0.276 e. The van der Waals surface area contributed by atoms with Crippen LogP contribution in [0.15, 0.2) is 35.4 Å². The molecule has 1 aromatic heterocycles. The van der Waals surface area contributed by atoms with Crippen molar-refractivity contribution in [2.45, 2.75) is 18.9 Å². The minimum absolute atomic E-state index is 0.0458. The summed E-state index contributed by atoms with van der Waals surface area (Å²) in [5.41, 5.74) is 0.237. The summed E-state index contributed by atoms with van der Waals surface area (Å²) in [7, 11) is 1.62. The maximum atomic E-state index is 13.6. The van der Waals surface area contributed by atoms with Gasteiger partial charge in [-0.3, -0.25) is 4.79 Å². The SMILES string of the molecule is Cn1ccnc(-c2cc(F)ccc2OCC2CCCO2)c1=O. The Bertz CT molecular complexity index is 724. The number of hydrogen-bond acceptors (Lipinski definition) is 4. The lowest BCUT2D eigenvalue weighted by molar-refractivity contribution is 0.0681. The molecule has 0 spiro atoms. The number of halogens is 1. The molecule has 1 unspecified atom stereocenters. The van der Waals surface area contributed by atoms with Crippen LogP contribution in [0.1, 0.15) is 12.8 Å². The molecular formula is C16H17FN2O3. The molecule has 2 aromatic rings. The Morgan fingerprint density at radius 3 is 3.14 bits per heavy atom. The van der Waals surface area contributed by atoms with Crippen molar-refractivity contribution < 1.29 is 13.9 Å². The molecule has 6 heteroatoms. The van der Waals surface area contributed by atoms with Crippen LogP contribution in [0.5, 0.6) is 5.75 Å². The Balaban J connectivity index is 1.93. The highest BCUT2D eigenvalue weighted by Gasteiger charge is 2.18. The molecule has 2 heterocycles. The van der Waals surface area contributed by atoms with E-state index in [1.165, 1.54) is 29.0 Å². The summed E-state index contributed by atoms with van der Waals surface area (Å²) in [6.45, 7) is 1.12. The van der Waals surface area contributed by atoms with E-state index in [1.807, 2.05) is 0 Å². The van der Waals surface area contributed by atoms with Crippen molar-refractivity contribution in [3.8, 4) is 17.0 Å². The summed E-state index contributed by atoms with van der Waals surface area (Å²) in [6, 6.07) is 4.10. The number of ether oxygens (including phenoxy) is 2. The first-order valence-corrected chi connectivity index (χ1v) is 7.21. The van der Waals surface area contributed by atoms with E-state index in [0.717, 1.165) is 19.4 Å². The molecule has 1 fully saturated rings. The number of benzene rings is 1. The summed E-state index contributed by atoms with van der Waals surface area (Å²) in [5.74, 6) is -0.000118. The van der Waals surface area contributed by atoms with Crippen molar-refractivity contribution in [2.75, 3.05) is 13.2 Å². The minimum Gasteiger partial charge on any atom is -0.490 e. The molecule has 0 N–H and O–H groups in total. The quantitative estimate of drug-likeness (QED) is 0.868. The van der Waals surface area contributed by atoms with Gasteiger partial charge in [0.15, 0.2) is 0 Å². The summed E-state index contributed by atoms with van der Waals surface area (Å²) >= 11 is 0. The average molecular weight is 304 g/mol. The Morgan fingerprint density at radius 2 is 2.36 bits per heavy atom. The Kier molecular flexibility index (Phi) is 4.20. The van der Waals surface area contributed by atoms with Crippen LogP contribution >= 0.6 is 0 Å². The number of rotatable bonds is 4. The van der Waals surface area contributed by atoms with Gasteiger partial charge >= 0.3 is 0 Å². The lowest BCUT2D eigenvalue weighted by Gasteiger charge is -2.14. The number of hydrogen-bond donors (Lipinski definition) is 0. The van der Waals surface area contributed by atoms with Gasteiger partial charge in [-0.2, -0.15) is 0 Å². The molecule has 0 radical (unpaired) electrons. The summed E-state index contributed by atoms with van der Waals surface area (Å²) in [4.78, 5) is 16.3. The van der Waals surface area contributed by atoms with Crippen LogP contribution in [0, 0.1) is 5.82 Å². The fourth-order valence-corrected chi connectivity index (χ4v) is 2.45. The first-order valence-electron chi connectivity index (χ1n) is 7.21. The Hall–Kier alpha value is -2.21. The van der Waals surface area contributed by atoms with E-state index in [1.54, 1.807) is 13.2 Å². The van der Waals surface area contributed by atoms with Crippen molar-refractivity contribution in [1.82, 2.24) is 9.55 Å². The molecular weight excluding hydrogens is 287 g/mol. The predicted molar refractivity (Wildman–Crippen MR) is 79.3 cm³/mol. The number of aromatic nitrogens is 2. The van der Waals surface area contributed by atoms with Crippen LogP contribution in [0.2, 0.25) is 0 Å². The van der Waals surface area contributed by atoms with E-state index in [-0.39, 0.29) is 17.4 Å². The van der Waals surface area contributed by atoms with Gasteiger partial charge in [-0.15, -0.1) is 0 Å². The topological polar surface area (TPSA) is 53.4 Å². The Morgan fingerprint density at radius 1 is 1.50 bits per heavy atom. The van der Waals surface area contributed by atoms with Crippen molar-refractivity contribution >= 4 is 0 Å². The van der Waals surface area contributed by atoms with Crippen LogP contribution in [0.3, 0.4) is 0 Å². The molecule has 5 nitrogen and oxygen atoms in total. The van der Waals surface area contributed by atoms with Gasteiger partial charge in [0.05, 0.1) is 11.7 Å². The molecule has 0 amide bonds. The van der Waals surface area contributed by atoms with Gasteiger partial charge < -0.3 is 14.0 Å². The van der Waals surface area contributed by atoms with Gasteiger partial charge in [0.25, 0.3) is 5.56 Å². The highest BCUT2D eigenvalue weighted by atomic mass is 19.1. The third-order valence-electron chi connectivity index (χ3n) is 3.66. The normalized spacial score (nSPS) is 17.6. The van der Waals surface area contributed by atoms with Crippen LogP contribution in [-0.4, -0.2) is 28.9 Å². The monoisotopic (exact) mass is 304 g/mol. The zero-order valence-corrected chi connectivity index (χ0v) is 12.3. The second kappa shape index (κ2) is 6.27. The lowest BCUT2D eigenvalue weighted by atomic mass is 10.1. The number of aryl methyl sites for hydroxylation is 1. The highest BCUT2D eigenvalue weighted by molar-refractivity contribution is 5.66. The molecule has 0 aliphatic carbocycles. The average Bonchev–Trinajstić information content (AvgIpc) is 3.02. The molecule has 0 saturated carbocycles. The molecule has 1 aliphatic heterocycles. The lowest BCUT2D eigenvalue weighted by Crippen LogP contribution is -2.20. The van der Waals surface area contributed by atoms with Gasteiger partial charge in [0, 0.05) is 26.0 Å². The molecule has 1 aliphatic rings. The second-order valence-corrected chi connectivity index (χ2v) is 5.28. The Labute approximate surface area is 127 Å². The zero-order valence-electron chi connectivity index (χ0n) is 12.3. The molecule has 1 saturated heterocycles. The van der Waals surface area contributed by atoms with Gasteiger partial charge in [0.2, 0.25) is 0 Å². The maximum absolute atomic E-state index is 13.6. The van der Waals surface area contributed by atoms with E-state index in [2.05, 4.69) is 4.98 Å².